The van der Waals surface area contributed by atoms with Crippen LogP contribution in [-0.4, -0.2) is 24.1 Å². The van der Waals surface area contributed by atoms with Crippen molar-refractivity contribution in [1.29, 1.82) is 0 Å². The van der Waals surface area contributed by atoms with Gasteiger partial charge in [0.15, 0.2) is 5.13 Å². The lowest BCUT2D eigenvalue weighted by Crippen LogP contribution is -2.29. The monoisotopic (exact) mass is 496 g/mol. The molecule has 0 spiro atoms. The fourth-order valence-corrected chi connectivity index (χ4v) is 4.55. The van der Waals surface area contributed by atoms with Crippen molar-refractivity contribution in [2.75, 3.05) is 23.3 Å². The van der Waals surface area contributed by atoms with Gasteiger partial charge in [-0.1, -0.05) is 46.8 Å². The predicted octanol–water partition coefficient (Wildman–Crippen LogP) is 6.28. The molecule has 1 saturated heterocycles. The minimum atomic E-state index is -0.268. The van der Waals surface area contributed by atoms with Gasteiger partial charge in [-0.05, 0) is 54.7 Å². The maximum Gasteiger partial charge on any atom is 0.321 e. The second-order valence-corrected chi connectivity index (χ2v) is 9.32. The molecule has 1 aliphatic rings. The van der Waals surface area contributed by atoms with E-state index in [1.807, 2.05) is 29.6 Å². The molecule has 0 atom stereocenters. The SMILES string of the molecule is C=C(c1ccc(Br)cc1)c1csc(NC(=O)NCc2ccc(N3CCCCC3)cc2)n1. The lowest BCUT2D eigenvalue weighted by atomic mass is 10.1. The second-order valence-electron chi connectivity index (χ2n) is 7.55. The Labute approximate surface area is 195 Å². The molecule has 1 fully saturated rings. The molecule has 0 bridgehead atoms. The maximum absolute atomic E-state index is 12.3. The number of thiazole rings is 1. The Kier molecular flexibility index (Phi) is 7.04. The Morgan fingerprint density at radius 1 is 1.06 bits per heavy atom. The Morgan fingerprint density at radius 3 is 2.48 bits per heavy atom. The van der Waals surface area contributed by atoms with Gasteiger partial charge in [0.05, 0.1) is 5.69 Å². The van der Waals surface area contributed by atoms with Crippen molar-refractivity contribution >= 4 is 49.7 Å². The van der Waals surface area contributed by atoms with Crippen LogP contribution in [0.15, 0.2) is 65.0 Å². The van der Waals surface area contributed by atoms with E-state index < -0.39 is 0 Å². The third kappa shape index (κ3) is 5.74. The van der Waals surface area contributed by atoms with Crippen molar-refractivity contribution in [3.63, 3.8) is 0 Å². The number of halogens is 1. The van der Waals surface area contributed by atoms with E-state index in [9.17, 15) is 4.79 Å². The van der Waals surface area contributed by atoms with Gasteiger partial charge in [0.2, 0.25) is 0 Å². The zero-order chi connectivity index (χ0) is 21.6. The van der Waals surface area contributed by atoms with Crippen molar-refractivity contribution in [3.8, 4) is 0 Å². The zero-order valence-corrected chi connectivity index (χ0v) is 19.6. The van der Waals surface area contributed by atoms with Gasteiger partial charge in [-0.3, -0.25) is 5.32 Å². The van der Waals surface area contributed by atoms with Gasteiger partial charge in [-0.2, -0.15) is 0 Å². The molecule has 5 nitrogen and oxygen atoms in total. The topological polar surface area (TPSA) is 57.3 Å². The molecule has 160 valence electrons. The van der Waals surface area contributed by atoms with Gasteiger partial charge < -0.3 is 10.2 Å². The molecule has 0 radical (unpaired) electrons. The second kappa shape index (κ2) is 10.1. The number of carbonyl (C=O) groups excluding carboxylic acids is 1. The van der Waals surface area contributed by atoms with E-state index in [0.717, 1.165) is 40.0 Å². The smallest absolute Gasteiger partial charge is 0.321 e. The molecule has 3 aromatic rings. The number of benzene rings is 2. The summed E-state index contributed by atoms with van der Waals surface area (Å²) in [5, 5.41) is 8.16. The Bertz CT molecular complexity index is 1040. The van der Waals surface area contributed by atoms with E-state index in [0.29, 0.717) is 11.7 Å². The fourth-order valence-electron chi connectivity index (χ4n) is 3.57. The number of anilines is 2. The molecule has 1 aliphatic heterocycles. The van der Waals surface area contributed by atoms with Crippen molar-refractivity contribution < 1.29 is 4.79 Å². The number of amides is 2. The molecule has 4 rings (SSSR count). The number of piperidine rings is 1. The first-order valence-corrected chi connectivity index (χ1v) is 12.1. The standard InChI is InChI=1S/C24H25BrN4OS/c1-17(19-7-9-20(25)10-8-19)22-16-31-24(27-22)28-23(30)26-15-18-5-11-21(12-6-18)29-13-3-2-4-14-29/h5-12,16H,1-4,13-15H2,(H2,26,27,28,30). The Balaban J connectivity index is 1.28. The number of carbonyl (C=O) groups is 1. The van der Waals surface area contributed by atoms with Crippen molar-refractivity contribution in [2.24, 2.45) is 0 Å². The lowest BCUT2D eigenvalue weighted by molar-refractivity contribution is 0.251. The van der Waals surface area contributed by atoms with Crippen LogP contribution in [0.1, 0.15) is 36.1 Å². The summed E-state index contributed by atoms with van der Waals surface area (Å²) in [4.78, 5) is 19.2. The maximum atomic E-state index is 12.3. The number of aromatic nitrogens is 1. The lowest BCUT2D eigenvalue weighted by Gasteiger charge is -2.28. The number of hydrogen-bond donors (Lipinski definition) is 2. The first kappa shape index (κ1) is 21.6. The summed E-state index contributed by atoms with van der Waals surface area (Å²) in [6, 6.07) is 16.1. The van der Waals surface area contributed by atoms with Crippen molar-refractivity contribution in [2.45, 2.75) is 25.8 Å². The predicted molar refractivity (Wildman–Crippen MR) is 133 cm³/mol. The number of nitrogens with one attached hydrogen (secondary N) is 2. The van der Waals surface area contributed by atoms with Gasteiger partial charge in [-0.25, -0.2) is 9.78 Å². The Hall–Kier alpha value is -2.64. The largest absolute Gasteiger partial charge is 0.372 e. The van der Waals surface area contributed by atoms with Crippen LogP contribution in [-0.2, 0) is 6.54 Å². The van der Waals surface area contributed by atoms with E-state index in [1.165, 1.54) is 36.3 Å². The van der Waals surface area contributed by atoms with Crippen LogP contribution in [0.4, 0.5) is 15.6 Å². The van der Waals surface area contributed by atoms with Crippen LogP contribution in [0.2, 0.25) is 0 Å². The molecule has 7 heteroatoms. The van der Waals surface area contributed by atoms with E-state index in [4.69, 9.17) is 0 Å². The molecule has 31 heavy (non-hydrogen) atoms. The van der Waals surface area contributed by atoms with Crippen LogP contribution in [0, 0.1) is 0 Å². The summed E-state index contributed by atoms with van der Waals surface area (Å²) in [6.07, 6.45) is 3.85. The summed E-state index contributed by atoms with van der Waals surface area (Å²) >= 11 is 4.82. The first-order chi connectivity index (χ1) is 15.1. The number of hydrogen-bond acceptors (Lipinski definition) is 4. The third-order valence-corrected chi connectivity index (χ3v) is 6.62. The molecule has 2 amide bonds. The summed E-state index contributed by atoms with van der Waals surface area (Å²) in [6.45, 7) is 6.86. The van der Waals surface area contributed by atoms with E-state index in [2.05, 4.69) is 67.3 Å². The molecule has 2 N–H and O–H groups in total. The molecule has 1 aromatic heterocycles. The normalized spacial score (nSPS) is 13.6. The molecule has 0 aliphatic carbocycles. The van der Waals surface area contributed by atoms with E-state index in [-0.39, 0.29) is 6.03 Å². The quantitative estimate of drug-likeness (QED) is 0.422. The molecular formula is C24H25BrN4OS. The van der Waals surface area contributed by atoms with E-state index >= 15 is 0 Å². The highest BCUT2D eigenvalue weighted by Gasteiger charge is 2.12. The minimum absolute atomic E-state index is 0.268. The average Bonchev–Trinajstić information content (AvgIpc) is 3.27. The fraction of sp³-hybridized carbons (Fsp3) is 0.250. The number of urea groups is 1. The summed E-state index contributed by atoms with van der Waals surface area (Å²) in [5.74, 6) is 0. The average molecular weight is 497 g/mol. The summed E-state index contributed by atoms with van der Waals surface area (Å²) in [5.41, 5.74) is 4.91. The van der Waals surface area contributed by atoms with Gasteiger partial charge >= 0.3 is 6.03 Å². The van der Waals surface area contributed by atoms with Crippen LogP contribution >= 0.6 is 27.3 Å². The summed E-state index contributed by atoms with van der Waals surface area (Å²) < 4.78 is 1.02. The molecule has 2 heterocycles. The van der Waals surface area contributed by atoms with Crippen LogP contribution in [0.3, 0.4) is 0 Å². The Morgan fingerprint density at radius 2 is 1.77 bits per heavy atom. The van der Waals surface area contributed by atoms with Gasteiger partial charge in [0.25, 0.3) is 0 Å². The molecule has 0 unspecified atom stereocenters. The highest BCUT2D eigenvalue weighted by Crippen LogP contribution is 2.26. The van der Waals surface area contributed by atoms with Crippen LogP contribution in [0.5, 0.6) is 0 Å². The minimum Gasteiger partial charge on any atom is -0.372 e. The highest BCUT2D eigenvalue weighted by molar-refractivity contribution is 9.10. The van der Waals surface area contributed by atoms with Crippen molar-refractivity contribution in [1.82, 2.24) is 10.3 Å². The number of nitrogens with zero attached hydrogens (tertiary/aromatic N) is 2. The first-order valence-electron chi connectivity index (χ1n) is 10.4. The van der Waals surface area contributed by atoms with Gasteiger partial charge in [0, 0.05) is 40.7 Å². The van der Waals surface area contributed by atoms with Crippen LogP contribution < -0.4 is 15.5 Å². The number of rotatable bonds is 6. The van der Waals surface area contributed by atoms with Gasteiger partial charge in [0.1, 0.15) is 0 Å². The highest BCUT2D eigenvalue weighted by atomic mass is 79.9. The molecule has 2 aromatic carbocycles. The van der Waals surface area contributed by atoms with Crippen molar-refractivity contribution in [3.05, 3.63) is 81.8 Å². The summed E-state index contributed by atoms with van der Waals surface area (Å²) in [7, 11) is 0. The molecule has 0 saturated carbocycles. The van der Waals surface area contributed by atoms with Gasteiger partial charge in [-0.15, -0.1) is 11.3 Å². The third-order valence-electron chi connectivity index (χ3n) is 5.34. The molecular weight excluding hydrogens is 472 g/mol. The zero-order valence-electron chi connectivity index (χ0n) is 17.2. The van der Waals surface area contributed by atoms with E-state index in [1.54, 1.807) is 0 Å². The van der Waals surface area contributed by atoms with Crippen LogP contribution in [0.25, 0.3) is 5.57 Å².